The van der Waals surface area contributed by atoms with E-state index in [4.69, 9.17) is 14.2 Å². The molecule has 4 aromatic rings. The molecule has 0 aliphatic heterocycles. The lowest BCUT2D eigenvalue weighted by Crippen LogP contribution is -2.47. The lowest BCUT2D eigenvalue weighted by molar-refractivity contribution is -0.158. The van der Waals surface area contributed by atoms with E-state index in [0.717, 1.165) is 11.1 Å². The Morgan fingerprint density at radius 3 is 1.77 bits per heavy atom. The zero-order chi connectivity index (χ0) is 31.9. The molecule has 9 nitrogen and oxygen atoms in total. The highest BCUT2D eigenvalue weighted by Crippen LogP contribution is 2.26. The average Bonchev–Trinajstić information content (AvgIpc) is 2.97. The minimum absolute atomic E-state index is 0.0201. The van der Waals surface area contributed by atoms with Gasteiger partial charge in [0.05, 0.1) is 4.90 Å². The van der Waals surface area contributed by atoms with Crippen LogP contribution >= 0.6 is 0 Å². The summed E-state index contributed by atoms with van der Waals surface area (Å²) in [5.41, 5.74) is 1.34. The molecule has 230 valence electrons. The van der Waals surface area contributed by atoms with Gasteiger partial charge in [0.25, 0.3) is 0 Å². The van der Waals surface area contributed by atoms with Gasteiger partial charge in [-0.1, -0.05) is 56.3 Å². The van der Waals surface area contributed by atoms with Crippen LogP contribution in [0.4, 0.5) is 10.5 Å². The second-order valence-corrected chi connectivity index (χ2v) is 13.1. The van der Waals surface area contributed by atoms with Crippen molar-refractivity contribution in [1.82, 2.24) is 4.72 Å². The Morgan fingerprint density at radius 2 is 1.23 bits per heavy atom. The van der Waals surface area contributed by atoms with Gasteiger partial charge in [-0.25, -0.2) is 13.2 Å². The number of sulfonamides is 1. The van der Waals surface area contributed by atoms with E-state index < -0.39 is 33.7 Å². The molecule has 2 N–H and O–H groups in total. The van der Waals surface area contributed by atoms with Gasteiger partial charge < -0.3 is 14.2 Å². The number of hydrogen-bond donors (Lipinski definition) is 2. The third-order valence-electron chi connectivity index (χ3n) is 6.25. The number of esters is 1. The largest absolute Gasteiger partial charge is 0.459 e. The molecule has 44 heavy (non-hydrogen) atoms. The van der Waals surface area contributed by atoms with Crippen molar-refractivity contribution in [2.75, 3.05) is 5.32 Å². The third-order valence-corrected chi connectivity index (χ3v) is 7.71. The normalized spacial score (nSPS) is 12.3. The van der Waals surface area contributed by atoms with Crippen LogP contribution in [0.3, 0.4) is 0 Å². The van der Waals surface area contributed by atoms with E-state index in [1.54, 1.807) is 95.3 Å². The van der Waals surface area contributed by atoms with Crippen molar-refractivity contribution in [3.63, 3.8) is 0 Å². The van der Waals surface area contributed by atoms with Crippen molar-refractivity contribution in [2.45, 2.75) is 51.2 Å². The number of benzene rings is 4. The summed E-state index contributed by atoms with van der Waals surface area (Å²) in [6.07, 6.45) is -0.650. The highest BCUT2D eigenvalue weighted by atomic mass is 32.2. The molecule has 1 amide bonds. The topological polar surface area (TPSA) is 120 Å². The van der Waals surface area contributed by atoms with Crippen LogP contribution in [0.5, 0.6) is 17.2 Å². The molecule has 0 saturated heterocycles. The average molecular weight is 617 g/mol. The number of rotatable bonds is 10. The van der Waals surface area contributed by atoms with Crippen molar-refractivity contribution in [2.24, 2.45) is 5.92 Å². The number of ether oxygens (including phenoxy) is 3. The van der Waals surface area contributed by atoms with E-state index in [1.165, 1.54) is 12.1 Å². The maximum Gasteiger partial charge on any atom is 0.417 e. The first-order valence-electron chi connectivity index (χ1n) is 14.1. The molecule has 0 radical (unpaired) electrons. The molecule has 0 heterocycles. The number of carbonyl (C=O) groups excluding carboxylic acids is 2. The minimum atomic E-state index is -3.99. The highest BCUT2D eigenvalue weighted by molar-refractivity contribution is 7.89. The Kier molecular flexibility index (Phi) is 10.1. The molecule has 10 heteroatoms. The summed E-state index contributed by atoms with van der Waals surface area (Å²) < 4.78 is 45.1. The lowest BCUT2D eigenvalue weighted by atomic mass is 10.1. The van der Waals surface area contributed by atoms with Gasteiger partial charge in [0.15, 0.2) is 0 Å². The van der Waals surface area contributed by atoms with Gasteiger partial charge in [-0.2, -0.15) is 4.72 Å². The molecular weight excluding hydrogens is 580 g/mol. The standard InChI is InChI=1S/C34H36N2O7S/c1-23(2)31(32(37)43-34(3,4)5)36-44(39,40)30-21-13-25(14-22-30)24-11-17-29(18-12-24)42-33(38)35-26-15-19-28(20-16-26)41-27-9-7-6-8-10-27/h6-23,31,36H,1-5H3,(H,35,38). The summed E-state index contributed by atoms with van der Waals surface area (Å²) in [5, 5.41) is 2.68. The van der Waals surface area contributed by atoms with E-state index in [9.17, 15) is 18.0 Å². The van der Waals surface area contributed by atoms with Gasteiger partial charge in [-0.05, 0) is 98.5 Å². The summed E-state index contributed by atoms with van der Waals surface area (Å²) >= 11 is 0. The summed E-state index contributed by atoms with van der Waals surface area (Å²) in [5.74, 6) is 0.731. The maximum atomic E-state index is 13.1. The van der Waals surface area contributed by atoms with Gasteiger partial charge in [0.1, 0.15) is 28.9 Å². The van der Waals surface area contributed by atoms with E-state index in [1.807, 2.05) is 30.3 Å². The van der Waals surface area contributed by atoms with E-state index in [2.05, 4.69) is 10.0 Å². The summed E-state index contributed by atoms with van der Waals surface area (Å²) in [6, 6.07) is 28.3. The molecule has 0 aliphatic rings. The number of hydrogen-bond acceptors (Lipinski definition) is 7. The molecule has 0 bridgehead atoms. The molecule has 4 rings (SSSR count). The molecule has 1 atom stereocenters. The second kappa shape index (κ2) is 13.7. The van der Waals surface area contributed by atoms with Gasteiger partial charge >= 0.3 is 12.1 Å². The van der Waals surface area contributed by atoms with Crippen LogP contribution in [0.15, 0.2) is 108 Å². The van der Waals surface area contributed by atoms with Crippen molar-refractivity contribution >= 4 is 27.8 Å². The minimum Gasteiger partial charge on any atom is -0.459 e. The molecule has 0 spiro atoms. The first-order chi connectivity index (χ1) is 20.8. The molecule has 0 saturated carbocycles. The Bertz CT molecular complexity index is 1660. The van der Waals surface area contributed by atoms with Gasteiger partial charge in [-0.15, -0.1) is 0 Å². The molecule has 0 aliphatic carbocycles. The predicted molar refractivity (Wildman–Crippen MR) is 169 cm³/mol. The number of carbonyl (C=O) groups is 2. The second-order valence-electron chi connectivity index (χ2n) is 11.4. The van der Waals surface area contributed by atoms with E-state index in [-0.39, 0.29) is 10.8 Å². The Hall–Kier alpha value is -4.67. The SMILES string of the molecule is CC(C)C(NS(=O)(=O)c1ccc(-c2ccc(OC(=O)Nc3ccc(Oc4ccccc4)cc3)cc2)cc1)C(=O)OC(C)(C)C. The quantitative estimate of drug-likeness (QED) is 0.178. The third kappa shape index (κ3) is 9.16. The van der Waals surface area contributed by atoms with Crippen LogP contribution in [0.1, 0.15) is 34.6 Å². The fraction of sp³-hybridized carbons (Fsp3) is 0.235. The summed E-state index contributed by atoms with van der Waals surface area (Å²) in [7, 11) is -3.99. The summed E-state index contributed by atoms with van der Waals surface area (Å²) in [6.45, 7) is 8.68. The predicted octanol–water partition coefficient (Wildman–Crippen LogP) is 7.40. The number of nitrogens with one attached hydrogen (secondary N) is 2. The van der Waals surface area contributed by atoms with Crippen LogP contribution < -0.4 is 19.5 Å². The zero-order valence-corrected chi connectivity index (χ0v) is 26.1. The molecular formula is C34H36N2O7S. The Morgan fingerprint density at radius 1 is 0.705 bits per heavy atom. The highest BCUT2D eigenvalue weighted by Gasteiger charge is 2.32. The monoisotopic (exact) mass is 616 g/mol. The number of para-hydroxylation sites is 1. The van der Waals surface area contributed by atoms with Crippen molar-refractivity contribution in [1.29, 1.82) is 0 Å². The fourth-order valence-corrected chi connectivity index (χ4v) is 5.41. The Balaban J connectivity index is 1.34. The lowest BCUT2D eigenvalue weighted by Gasteiger charge is -2.26. The summed E-state index contributed by atoms with van der Waals surface area (Å²) in [4.78, 5) is 25.1. The maximum absolute atomic E-state index is 13.1. The number of anilines is 1. The fourth-order valence-electron chi connectivity index (χ4n) is 4.08. The van der Waals surface area contributed by atoms with Crippen LogP contribution in [0.25, 0.3) is 11.1 Å². The Labute approximate surface area is 258 Å². The van der Waals surface area contributed by atoms with E-state index >= 15 is 0 Å². The molecule has 1 unspecified atom stereocenters. The van der Waals surface area contributed by atoms with Crippen molar-refractivity contribution in [3.8, 4) is 28.4 Å². The molecule has 4 aromatic carbocycles. The van der Waals surface area contributed by atoms with Gasteiger partial charge in [-0.3, -0.25) is 10.1 Å². The van der Waals surface area contributed by atoms with Gasteiger partial charge in [0.2, 0.25) is 10.0 Å². The van der Waals surface area contributed by atoms with Crippen LogP contribution in [-0.4, -0.2) is 32.1 Å². The molecule has 0 aromatic heterocycles. The van der Waals surface area contributed by atoms with Crippen molar-refractivity contribution < 1.29 is 32.2 Å². The van der Waals surface area contributed by atoms with Gasteiger partial charge in [0, 0.05) is 5.69 Å². The molecule has 0 fully saturated rings. The first-order valence-corrected chi connectivity index (χ1v) is 15.5. The van der Waals surface area contributed by atoms with E-state index in [0.29, 0.717) is 22.9 Å². The zero-order valence-electron chi connectivity index (χ0n) is 25.2. The smallest absolute Gasteiger partial charge is 0.417 e. The van der Waals surface area contributed by atoms with Crippen LogP contribution in [0, 0.1) is 5.92 Å². The first kappa shape index (κ1) is 32.2. The van der Waals surface area contributed by atoms with Crippen molar-refractivity contribution in [3.05, 3.63) is 103 Å². The number of amides is 1. The van der Waals surface area contributed by atoms with Crippen LogP contribution in [-0.2, 0) is 19.6 Å². The van der Waals surface area contributed by atoms with Crippen LogP contribution in [0.2, 0.25) is 0 Å².